The number of nitrogens with zero attached hydrogens (tertiary/aromatic N) is 6. The third-order valence-electron chi connectivity index (χ3n) is 5.49. The van der Waals surface area contributed by atoms with Gasteiger partial charge in [0.1, 0.15) is 5.15 Å². The van der Waals surface area contributed by atoms with Gasteiger partial charge in [0.15, 0.2) is 0 Å². The van der Waals surface area contributed by atoms with Gasteiger partial charge in [-0.25, -0.2) is 14.8 Å². The zero-order valence-electron chi connectivity index (χ0n) is 18.5. The summed E-state index contributed by atoms with van der Waals surface area (Å²) in [5, 5.41) is 13.0. The van der Waals surface area contributed by atoms with E-state index in [0.29, 0.717) is 47.9 Å². The number of aliphatic imine (C=N–C) groups is 1. The molecular weight excluding hydrogens is 430 g/mol. The van der Waals surface area contributed by atoms with Crippen molar-refractivity contribution in [1.29, 1.82) is 5.26 Å². The third kappa shape index (κ3) is 5.08. The van der Waals surface area contributed by atoms with E-state index < -0.39 is 5.97 Å². The van der Waals surface area contributed by atoms with Gasteiger partial charge in [0.2, 0.25) is 18.1 Å². The van der Waals surface area contributed by atoms with Crippen LogP contribution in [0.15, 0.2) is 35.5 Å². The number of anilines is 2. The summed E-state index contributed by atoms with van der Waals surface area (Å²) in [7, 11) is 1.35. The SMILES string of the molecule is COC(=O)c1cccc(N/C(=N/C#N)N2CCN(c3nccc(Cl)n3)CC2C(C)C)c1C. The first-order valence-electron chi connectivity index (χ1n) is 10.3. The molecule has 10 heteroatoms. The van der Waals surface area contributed by atoms with Crippen LogP contribution in [0.4, 0.5) is 11.6 Å². The molecule has 1 aromatic heterocycles. The van der Waals surface area contributed by atoms with Gasteiger partial charge in [0.25, 0.3) is 0 Å². The van der Waals surface area contributed by atoms with Crippen molar-refractivity contribution < 1.29 is 9.53 Å². The molecule has 9 nitrogen and oxygen atoms in total. The lowest BCUT2D eigenvalue weighted by molar-refractivity contribution is 0.0600. The van der Waals surface area contributed by atoms with E-state index in [2.05, 4.69) is 43.9 Å². The standard InChI is InChI=1S/C22H26ClN7O2/c1-14(2)18-12-29(21-25-9-8-19(23)28-21)10-11-30(18)22(26-13-24)27-17-7-5-6-16(15(17)3)20(31)32-4/h5-9,14,18H,10-12H2,1-4H3,(H,26,27). The maximum atomic E-state index is 12.1. The van der Waals surface area contributed by atoms with E-state index in [1.54, 1.807) is 24.4 Å². The van der Waals surface area contributed by atoms with Gasteiger partial charge in [0.05, 0.1) is 18.7 Å². The molecule has 0 saturated carbocycles. The van der Waals surface area contributed by atoms with Crippen LogP contribution in [0, 0.1) is 24.3 Å². The lowest BCUT2D eigenvalue weighted by atomic mass is 10.00. The molecule has 1 atom stereocenters. The van der Waals surface area contributed by atoms with Crippen molar-refractivity contribution in [3.63, 3.8) is 0 Å². The smallest absolute Gasteiger partial charge is 0.338 e. The van der Waals surface area contributed by atoms with E-state index in [9.17, 15) is 10.1 Å². The first kappa shape index (κ1) is 23.3. The van der Waals surface area contributed by atoms with E-state index in [0.717, 1.165) is 5.56 Å². The third-order valence-corrected chi connectivity index (χ3v) is 5.70. The van der Waals surface area contributed by atoms with Crippen LogP contribution in [0.5, 0.6) is 0 Å². The number of halogens is 1. The van der Waals surface area contributed by atoms with Crippen molar-refractivity contribution in [3.05, 3.63) is 46.7 Å². The molecule has 0 spiro atoms. The number of rotatable bonds is 4. The minimum absolute atomic E-state index is 0.0371. The quantitative estimate of drug-likeness (QED) is 0.246. The van der Waals surface area contributed by atoms with Gasteiger partial charge < -0.3 is 19.9 Å². The molecule has 1 aliphatic rings. The number of hydrogen-bond donors (Lipinski definition) is 1. The molecule has 1 aliphatic heterocycles. The summed E-state index contributed by atoms with van der Waals surface area (Å²) < 4.78 is 4.87. The maximum Gasteiger partial charge on any atom is 0.338 e. The van der Waals surface area contributed by atoms with Crippen LogP contribution in [-0.2, 0) is 4.74 Å². The zero-order valence-corrected chi connectivity index (χ0v) is 19.3. The molecule has 1 unspecified atom stereocenters. The molecule has 2 heterocycles. The van der Waals surface area contributed by atoms with Crippen molar-refractivity contribution >= 4 is 35.2 Å². The minimum Gasteiger partial charge on any atom is -0.465 e. The van der Waals surface area contributed by atoms with Crippen molar-refractivity contribution in [2.75, 3.05) is 37.0 Å². The number of nitriles is 1. The highest BCUT2D eigenvalue weighted by Crippen LogP contribution is 2.24. The number of guanidine groups is 1. The normalized spacial score (nSPS) is 16.7. The summed E-state index contributed by atoms with van der Waals surface area (Å²) >= 11 is 6.05. The molecule has 0 amide bonds. The van der Waals surface area contributed by atoms with Crippen molar-refractivity contribution in [2.24, 2.45) is 10.9 Å². The van der Waals surface area contributed by atoms with Gasteiger partial charge >= 0.3 is 5.97 Å². The molecule has 0 bridgehead atoms. The summed E-state index contributed by atoms with van der Waals surface area (Å²) in [5.41, 5.74) is 1.86. The number of ether oxygens (including phenoxy) is 1. The Morgan fingerprint density at radius 2 is 2.16 bits per heavy atom. The van der Waals surface area contributed by atoms with E-state index in [1.165, 1.54) is 7.11 Å². The van der Waals surface area contributed by atoms with Crippen LogP contribution in [0.2, 0.25) is 5.15 Å². The summed E-state index contributed by atoms with van der Waals surface area (Å²) in [5.74, 6) is 0.851. The van der Waals surface area contributed by atoms with Gasteiger partial charge in [-0.2, -0.15) is 5.26 Å². The number of piperazine rings is 1. The molecule has 168 valence electrons. The second kappa shape index (κ2) is 10.3. The molecule has 1 N–H and O–H groups in total. The summed E-state index contributed by atoms with van der Waals surface area (Å²) in [6, 6.07) is 6.99. The van der Waals surface area contributed by atoms with E-state index >= 15 is 0 Å². The predicted molar refractivity (Wildman–Crippen MR) is 124 cm³/mol. The highest BCUT2D eigenvalue weighted by Gasteiger charge is 2.33. The fraction of sp³-hybridized carbons (Fsp3) is 0.409. The molecule has 2 aromatic rings. The zero-order chi connectivity index (χ0) is 23.3. The number of hydrogen-bond acceptors (Lipinski definition) is 7. The van der Waals surface area contributed by atoms with Crippen LogP contribution >= 0.6 is 11.6 Å². The molecular formula is C22H26ClN7O2. The van der Waals surface area contributed by atoms with Crippen molar-refractivity contribution in [2.45, 2.75) is 26.8 Å². The lowest BCUT2D eigenvalue weighted by Gasteiger charge is -2.44. The molecule has 0 radical (unpaired) electrons. The summed E-state index contributed by atoms with van der Waals surface area (Å²) in [4.78, 5) is 29.0. The predicted octanol–water partition coefficient (Wildman–Crippen LogP) is 3.32. The van der Waals surface area contributed by atoms with Gasteiger partial charge in [-0.1, -0.05) is 31.5 Å². The Hall–Kier alpha value is -3.38. The Bertz CT molecular complexity index is 1050. The van der Waals surface area contributed by atoms with Crippen molar-refractivity contribution in [1.82, 2.24) is 14.9 Å². The molecule has 32 heavy (non-hydrogen) atoms. The fourth-order valence-electron chi connectivity index (χ4n) is 3.74. The Kier molecular flexibility index (Phi) is 7.49. The van der Waals surface area contributed by atoms with E-state index in [1.807, 2.05) is 19.2 Å². The highest BCUT2D eigenvalue weighted by molar-refractivity contribution is 6.29. The van der Waals surface area contributed by atoms with Crippen molar-refractivity contribution in [3.8, 4) is 6.19 Å². The Morgan fingerprint density at radius 1 is 1.38 bits per heavy atom. The van der Waals surface area contributed by atoms with Crippen LogP contribution in [-0.4, -0.2) is 59.6 Å². The molecule has 1 saturated heterocycles. The number of nitrogens with one attached hydrogen (secondary N) is 1. The van der Waals surface area contributed by atoms with Gasteiger partial charge in [-0.05, 0) is 36.6 Å². The largest absolute Gasteiger partial charge is 0.465 e. The van der Waals surface area contributed by atoms with E-state index in [4.69, 9.17) is 16.3 Å². The summed E-state index contributed by atoms with van der Waals surface area (Å²) in [6.45, 7) is 7.94. The van der Waals surface area contributed by atoms with Crippen LogP contribution < -0.4 is 10.2 Å². The number of methoxy groups -OCH3 is 1. The molecule has 0 aliphatic carbocycles. The van der Waals surface area contributed by atoms with Crippen LogP contribution in [0.3, 0.4) is 0 Å². The van der Waals surface area contributed by atoms with Gasteiger partial charge in [-0.15, -0.1) is 4.99 Å². The number of aromatic nitrogens is 2. The fourth-order valence-corrected chi connectivity index (χ4v) is 3.87. The van der Waals surface area contributed by atoms with Crippen LogP contribution in [0.25, 0.3) is 0 Å². The second-order valence-corrected chi connectivity index (χ2v) is 8.15. The monoisotopic (exact) mass is 455 g/mol. The van der Waals surface area contributed by atoms with Gasteiger partial charge in [-0.3, -0.25) is 0 Å². The number of carbonyl (C=O) groups excluding carboxylic acids is 1. The number of benzene rings is 1. The minimum atomic E-state index is -0.417. The second-order valence-electron chi connectivity index (χ2n) is 7.76. The lowest BCUT2D eigenvalue weighted by Crippen LogP contribution is -2.59. The average Bonchev–Trinajstić information content (AvgIpc) is 2.79. The maximum absolute atomic E-state index is 12.1. The number of carbonyl (C=O) groups is 1. The highest BCUT2D eigenvalue weighted by atomic mass is 35.5. The Labute approximate surface area is 192 Å². The van der Waals surface area contributed by atoms with Gasteiger partial charge in [0, 0.05) is 31.5 Å². The first-order valence-corrected chi connectivity index (χ1v) is 10.6. The molecule has 1 aromatic carbocycles. The first-order chi connectivity index (χ1) is 15.3. The Balaban J connectivity index is 1.87. The topological polar surface area (TPSA) is 107 Å². The average molecular weight is 456 g/mol. The van der Waals surface area contributed by atoms with Crippen LogP contribution in [0.1, 0.15) is 29.8 Å². The van der Waals surface area contributed by atoms with E-state index in [-0.39, 0.29) is 12.0 Å². The Morgan fingerprint density at radius 3 is 2.81 bits per heavy atom. The number of esters is 1. The molecule has 3 rings (SSSR count). The summed E-state index contributed by atoms with van der Waals surface area (Å²) in [6.07, 6.45) is 3.54. The molecule has 1 fully saturated rings.